The normalized spacial score (nSPS) is 10.7. The maximum Gasteiger partial charge on any atom is 0.259 e. The minimum Gasteiger partial charge on any atom is -0.361 e. The highest BCUT2D eigenvalue weighted by Gasteiger charge is 2.15. The molecule has 6 aromatic rings. The number of anilines is 1. The van der Waals surface area contributed by atoms with Crippen molar-refractivity contribution in [1.82, 2.24) is 14.5 Å². The Bertz CT molecular complexity index is 1470. The Morgan fingerprint density at radius 3 is 2.56 bits per heavy atom. The molecule has 0 saturated carbocycles. The van der Waals surface area contributed by atoms with Gasteiger partial charge in [0.25, 0.3) is 5.91 Å². The molecule has 0 aliphatic heterocycles. The van der Waals surface area contributed by atoms with Gasteiger partial charge in [-0.15, -0.1) is 11.3 Å². The van der Waals surface area contributed by atoms with Gasteiger partial charge in [0.05, 0.1) is 5.56 Å². The predicted octanol–water partition coefficient (Wildman–Crippen LogP) is 6.76. The summed E-state index contributed by atoms with van der Waals surface area (Å²) in [6, 6.07) is 28.7. The van der Waals surface area contributed by atoms with E-state index in [1.54, 1.807) is 6.20 Å². The third-order valence-electron chi connectivity index (χ3n) is 5.63. The summed E-state index contributed by atoms with van der Waals surface area (Å²) in [6.07, 6.45) is 6.50. The van der Waals surface area contributed by atoms with Gasteiger partial charge in [-0.1, -0.05) is 66.7 Å². The van der Waals surface area contributed by atoms with Crippen molar-refractivity contribution in [3.8, 4) is 0 Å². The largest absolute Gasteiger partial charge is 0.361 e. The Balaban J connectivity index is 0.000000222. The number of fused-ring (bicyclic) bond motifs is 2. The maximum absolute atomic E-state index is 12.7. The van der Waals surface area contributed by atoms with Crippen molar-refractivity contribution in [2.45, 2.75) is 13.0 Å². The first-order chi connectivity index (χ1) is 16.8. The van der Waals surface area contributed by atoms with Crippen LogP contribution in [0.5, 0.6) is 0 Å². The molecule has 6 rings (SSSR count). The average Bonchev–Trinajstić information content (AvgIpc) is 3.64. The molecule has 3 aromatic heterocycles. The number of aromatic amines is 1. The molecule has 168 valence electrons. The van der Waals surface area contributed by atoms with Crippen LogP contribution in [0.15, 0.2) is 109 Å². The van der Waals surface area contributed by atoms with Gasteiger partial charge in [0.1, 0.15) is 0 Å². The van der Waals surface area contributed by atoms with E-state index in [1.807, 2.05) is 54.2 Å². The number of H-pyrrole nitrogens is 1. The first kappa shape index (κ1) is 21.7. The number of hydrogen-bond donors (Lipinski definition) is 2. The van der Waals surface area contributed by atoms with Gasteiger partial charge >= 0.3 is 0 Å². The molecule has 0 spiro atoms. The van der Waals surface area contributed by atoms with Crippen LogP contribution < -0.4 is 5.32 Å². The summed E-state index contributed by atoms with van der Waals surface area (Å²) < 4.78 is 2.15. The Morgan fingerprint density at radius 2 is 1.74 bits per heavy atom. The van der Waals surface area contributed by atoms with Crippen molar-refractivity contribution < 1.29 is 4.79 Å². The first-order valence-electron chi connectivity index (χ1n) is 11.1. The summed E-state index contributed by atoms with van der Waals surface area (Å²) in [4.78, 5) is 19.9. The van der Waals surface area contributed by atoms with E-state index in [2.05, 4.69) is 68.4 Å². The van der Waals surface area contributed by atoms with Crippen molar-refractivity contribution >= 4 is 44.2 Å². The molecule has 0 bridgehead atoms. The Labute approximate surface area is 201 Å². The summed E-state index contributed by atoms with van der Waals surface area (Å²) in [7, 11) is 0. The molecule has 0 saturated heterocycles. The van der Waals surface area contributed by atoms with E-state index in [1.165, 1.54) is 27.8 Å². The predicted molar refractivity (Wildman–Crippen MR) is 140 cm³/mol. The van der Waals surface area contributed by atoms with Crippen LogP contribution in [0.3, 0.4) is 0 Å². The van der Waals surface area contributed by atoms with E-state index in [4.69, 9.17) is 0 Å². The number of hydrogen-bond acceptors (Lipinski definition) is 3. The lowest BCUT2D eigenvalue weighted by Gasteiger charge is -2.05. The molecule has 6 heteroatoms. The van der Waals surface area contributed by atoms with Crippen LogP contribution in [0, 0.1) is 0 Å². The lowest BCUT2D eigenvalue weighted by molar-refractivity contribution is 0.102. The quantitative estimate of drug-likeness (QED) is 0.296. The highest BCUT2D eigenvalue weighted by atomic mass is 32.1. The van der Waals surface area contributed by atoms with Gasteiger partial charge < -0.3 is 9.55 Å². The number of aromatic nitrogens is 3. The van der Waals surface area contributed by atoms with E-state index < -0.39 is 0 Å². The van der Waals surface area contributed by atoms with Crippen LogP contribution >= 0.6 is 11.3 Å². The fourth-order valence-corrected chi connectivity index (χ4v) is 4.48. The molecule has 34 heavy (non-hydrogen) atoms. The lowest BCUT2D eigenvalue weighted by atomic mass is 10.1. The van der Waals surface area contributed by atoms with E-state index in [9.17, 15) is 4.79 Å². The van der Waals surface area contributed by atoms with Crippen molar-refractivity contribution in [2.24, 2.45) is 0 Å². The number of amides is 1. The SMILES string of the molecule is O=C(Nc1nccs1)c1cn(CCc2ccccc2)c2ccccc12.c1ccc2[nH]ccc2c1. The molecule has 0 aliphatic carbocycles. The van der Waals surface area contributed by atoms with Crippen LogP contribution in [0.2, 0.25) is 0 Å². The van der Waals surface area contributed by atoms with Gasteiger partial charge in [-0.25, -0.2) is 4.98 Å². The van der Waals surface area contributed by atoms with Crippen molar-refractivity contribution in [1.29, 1.82) is 0 Å². The second-order valence-electron chi connectivity index (χ2n) is 7.85. The third kappa shape index (κ3) is 4.92. The summed E-state index contributed by atoms with van der Waals surface area (Å²) in [5, 5.41) is 7.57. The number of nitrogens with zero attached hydrogens (tertiary/aromatic N) is 2. The molecule has 0 unspecified atom stereocenters. The van der Waals surface area contributed by atoms with Crippen LogP contribution in [0.4, 0.5) is 5.13 Å². The number of carbonyl (C=O) groups excluding carboxylic acids is 1. The van der Waals surface area contributed by atoms with Gasteiger partial charge in [0, 0.05) is 46.9 Å². The minimum absolute atomic E-state index is 0.121. The van der Waals surface area contributed by atoms with E-state index >= 15 is 0 Å². The second kappa shape index (κ2) is 10.2. The summed E-state index contributed by atoms with van der Waals surface area (Å²) in [6.45, 7) is 0.828. The Morgan fingerprint density at radius 1 is 0.941 bits per heavy atom. The van der Waals surface area contributed by atoms with Crippen LogP contribution in [0.1, 0.15) is 15.9 Å². The molecule has 0 atom stereocenters. The number of carbonyl (C=O) groups is 1. The average molecular weight is 465 g/mol. The fraction of sp³-hybridized carbons (Fsp3) is 0.0714. The van der Waals surface area contributed by atoms with Crippen molar-refractivity contribution in [2.75, 3.05) is 5.32 Å². The fourth-order valence-electron chi connectivity index (χ4n) is 3.95. The molecule has 3 aromatic carbocycles. The van der Waals surface area contributed by atoms with Crippen LogP contribution in [-0.2, 0) is 13.0 Å². The zero-order valence-electron chi connectivity index (χ0n) is 18.5. The van der Waals surface area contributed by atoms with Crippen molar-refractivity contribution in [3.05, 3.63) is 120 Å². The second-order valence-corrected chi connectivity index (χ2v) is 8.74. The zero-order valence-corrected chi connectivity index (χ0v) is 19.3. The van der Waals surface area contributed by atoms with Gasteiger partial charge in [0.15, 0.2) is 5.13 Å². The van der Waals surface area contributed by atoms with Gasteiger partial charge in [-0.05, 0) is 35.6 Å². The lowest BCUT2D eigenvalue weighted by Crippen LogP contribution is -2.11. The maximum atomic E-state index is 12.7. The molecule has 2 N–H and O–H groups in total. The first-order valence-corrected chi connectivity index (χ1v) is 12.0. The smallest absolute Gasteiger partial charge is 0.259 e. The molecular formula is C28H24N4OS. The van der Waals surface area contributed by atoms with Crippen LogP contribution in [0.25, 0.3) is 21.8 Å². The standard InChI is InChI=1S/C20H17N3OS.C8H7N/c24-19(22-20-21-11-13-25-20)17-14-23(18-9-5-4-8-16(17)18)12-10-15-6-2-1-3-7-15;1-2-4-8-7(3-1)5-6-9-8/h1-9,11,13-14H,10,12H2,(H,21,22,24);1-6,9H. The summed E-state index contributed by atoms with van der Waals surface area (Å²) in [5.41, 5.74) is 4.24. The molecule has 5 nitrogen and oxygen atoms in total. The highest BCUT2D eigenvalue weighted by molar-refractivity contribution is 7.13. The number of aryl methyl sites for hydroxylation is 2. The molecule has 0 radical (unpaired) electrons. The number of rotatable bonds is 5. The van der Waals surface area contributed by atoms with Gasteiger partial charge in [-0.3, -0.25) is 10.1 Å². The third-order valence-corrected chi connectivity index (χ3v) is 6.32. The van der Waals surface area contributed by atoms with Gasteiger partial charge in [0.2, 0.25) is 0 Å². The monoisotopic (exact) mass is 464 g/mol. The summed E-state index contributed by atoms with van der Waals surface area (Å²) >= 11 is 1.42. The molecule has 0 fully saturated rings. The van der Waals surface area contributed by atoms with Gasteiger partial charge in [-0.2, -0.15) is 0 Å². The molecular weight excluding hydrogens is 440 g/mol. The number of nitrogens with one attached hydrogen (secondary N) is 2. The molecule has 3 heterocycles. The topological polar surface area (TPSA) is 62.7 Å². The van der Waals surface area contributed by atoms with E-state index in [0.717, 1.165) is 23.9 Å². The Hall–Kier alpha value is -4.16. The zero-order chi connectivity index (χ0) is 23.2. The molecule has 1 amide bonds. The van der Waals surface area contributed by atoms with Crippen LogP contribution in [-0.4, -0.2) is 20.4 Å². The highest BCUT2D eigenvalue weighted by Crippen LogP contribution is 2.23. The number of para-hydroxylation sites is 2. The van der Waals surface area contributed by atoms with Crippen molar-refractivity contribution in [3.63, 3.8) is 0 Å². The number of thiazole rings is 1. The van der Waals surface area contributed by atoms with E-state index in [0.29, 0.717) is 10.7 Å². The number of benzene rings is 3. The molecule has 0 aliphatic rings. The van der Waals surface area contributed by atoms with E-state index in [-0.39, 0.29) is 5.91 Å². The Kier molecular flexibility index (Phi) is 6.49. The minimum atomic E-state index is -0.121. The summed E-state index contributed by atoms with van der Waals surface area (Å²) in [5.74, 6) is -0.121.